The minimum atomic E-state index is -0.164. The van der Waals surface area contributed by atoms with Gasteiger partial charge >= 0.3 is 0 Å². The van der Waals surface area contributed by atoms with E-state index in [0.29, 0.717) is 12.4 Å². The van der Waals surface area contributed by atoms with Crippen LogP contribution < -0.4 is 10.6 Å². The first-order chi connectivity index (χ1) is 15.2. The monoisotopic (exact) mass is 408 g/mol. The predicted molar refractivity (Wildman–Crippen MR) is 121 cm³/mol. The van der Waals surface area contributed by atoms with Crippen LogP contribution in [-0.4, -0.2) is 21.8 Å². The fraction of sp³-hybridized carbons (Fsp3) is 0.0800. The average molecular weight is 408 g/mol. The van der Waals surface area contributed by atoms with Crippen LogP contribution in [0.5, 0.6) is 0 Å². The molecule has 0 saturated carbocycles. The fourth-order valence-electron chi connectivity index (χ4n) is 3.90. The van der Waals surface area contributed by atoms with Crippen molar-refractivity contribution in [1.29, 1.82) is 0 Å². The highest BCUT2D eigenvalue weighted by Crippen LogP contribution is 2.37. The summed E-state index contributed by atoms with van der Waals surface area (Å²) in [5.74, 6) is 0.291. The van der Waals surface area contributed by atoms with Gasteiger partial charge in [-0.15, -0.1) is 0 Å². The normalized spacial score (nSPS) is 12.8. The zero-order valence-corrected chi connectivity index (χ0v) is 16.7. The summed E-state index contributed by atoms with van der Waals surface area (Å²) in [7, 11) is 0. The largest absolute Gasteiger partial charge is 0.354 e. The highest BCUT2D eigenvalue weighted by molar-refractivity contribution is 6.06. The number of pyridine rings is 1. The summed E-state index contributed by atoms with van der Waals surface area (Å²) >= 11 is 0. The molecule has 152 valence electrons. The second kappa shape index (κ2) is 7.91. The molecule has 0 atom stereocenters. The predicted octanol–water partition coefficient (Wildman–Crippen LogP) is 4.05. The standard InChI is InChI=1S/C25H20N4O2/c30-21(27-15-16-6-2-1-3-7-16)12-11-17-8-4-9-18-20-14-22(31)28-25-19(10-5-13-26-25)24(20)29-23(17)18/h1-13,29H,14-15H2,(H,27,30)(H,26,28,31)/b12-11+. The van der Waals surface area contributed by atoms with Gasteiger partial charge in [-0.05, 0) is 34.9 Å². The molecule has 0 bridgehead atoms. The third-order valence-corrected chi connectivity index (χ3v) is 5.37. The first-order valence-corrected chi connectivity index (χ1v) is 10.1. The lowest BCUT2D eigenvalue weighted by Crippen LogP contribution is -2.20. The van der Waals surface area contributed by atoms with Crippen LogP contribution in [-0.2, 0) is 22.6 Å². The molecule has 2 aromatic carbocycles. The SMILES string of the molecule is O=C(/C=C/c1cccc2c3c([nH]c12)-c1cccnc1NC(=O)C3)NCc1ccccc1. The van der Waals surface area contributed by atoms with E-state index in [9.17, 15) is 9.59 Å². The Labute approximate surface area is 179 Å². The van der Waals surface area contributed by atoms with Crippen LogP contribution in [0.25, 0.3) is 28.2 Å². The molecule has 0 unspecified atom stereocenters. The third-order valence-electron chi connectivity index (χ3n) is 5.37. The van der Waals surface area contributed by atoms with Crippen LogP contribution in [0.4, 0.5) is 5.82 Å². The minimum absolute atomic E-state index is 0.0964. The Balaban J connectivity index is 1.47. The van der Waals surface area contributed by atoms with Gasteiger partial charge in [-0.1, -0.05) is 48.5 Å². The van der Waals surface area contributed by atoms with Gasteiger partial charge in [0.2, 0.25) is 11.8 Å². The van der Waals surface area contributed by atoms with Crippen molar-refractivity contribution in [2.45, 2.75) is 13.0 Å². The topological polar surface area (TPSA) is 86.9 Å². The van der Waals surface area contributed by atoms with Crippen molar-refractivity contribution in [3.8, 4) is 11.3 Å². The number of fused-ring (bicyclic) bond motifs is 5. The Hall–Kier alpha value is -4.19. The van der Waals surface area contributed by atoms with Crippen LogP contribution in [0.15, 0.2) is 72.9 Å². The molecule has 0 saturated heterocycles. The van der Waals surface area contributed by atoms with Crippen molar-refractivity contribution < 1.29 is 9.59 Å². The molecule has 2 aromatic heterocycles. The van der Waals surface area contributed by atoms with Gasteiger partial charge in [-0.2, -0.15) is 0 Å². The number of carbonyl (C=O) groups is 2. The molecule has 3 heterocycles. The molecule has 0 aliphatic carbocycles. The first-order valence-electron chi connectivity index (χ1n) is 10.1. The highest BCUT2D eigenvalue weighted by atomic mass is 16.2. The second-order valence-electron chi connectivity index (χ2n) is 7.41. The van der Waals surface area contributed by atoms with Gasteiger partial charge in [-0.3, -0.25) is 9.59 Å². The maximum atomic E-state index is 12.4. The van der Waals surface area contributed by atoms with E-state index in [1.54, 1.807) is 12.3 Å². The number of anilines is 1. The molecule has 6 nitrogen and oxygen atoms in total. The van der Waals surface area contributed by atoms with E-state index in [1.165, 1.54) is 6.08 Å². The number of amides is 2. The molecule has 1 aliphatic heterocycles. The Morgan fingerprint density at radius 1 is 1.06 bits per heavy atom. The number of nitrogens with zero attached hydrogens (tertiary/aromatic N) is 1. The van der Waals surface area contributed by atoms with Crippen molar-refractivity contribution >= 4 is 34.6 Å². The Morgan fingerprint density at radius 3 is 2.81 bits per heavy atom. The van der Waals surface area contributed by atoms with Crippen LogP contribution in [0.3, 0.4) is 0 Å². The number of hydrogen-bond acceptors (Lipinski definition) is 3. The van der Waals surface area contributed by atoms with Gasteiger partial charge in [0, 0.05) is 29.8 Å². The molecular weight excluding hydrogens is 388 g/mol. The van der Waals surface area contributed by atoms with Crippen LogP contribution in [0.1, 0.15) is 16.7 Å². The maximum absolute atomic E-state index is 12.4. The lowest BCUT2D eigenvalue weighted by molar-refractivity contribution is -0.117. The van der Waals surface area contributed by atoms with Gasteiger partial charge in [0.1, 0.15) is 5.82 Å². The number of aromatic nitrogens is 2. The van der Waals surface area contributed by atoms with Crippen LogP contribution in [0, 0.1) is 0 Å². The van der Waals surface area contributed by atoms with Crippen molar-refractivity contribution in [2.75, 3.05) is 5.32 Å². The Kier molecular flexibility index (Phi) is 4.80. The molecule has 4 aromatic rings. The van der Waals surface area contributed by atoms with E-state index in [-0.39, 0.29) is 18.2 Å². The van der Waals surface area contributed by atoms with E-state index < -0.39 is 0 Å². The number of hydrogen-bond donors (Lipinski definition) is 3. The number of para-hydroxylation sites is 1. The lowest BCUT2D eigenvalue weighted by atomic mass is 10.0. The zero-order chi connectivity index (χ0) is 21.2. The quantitative estimate of drug-likeness (QED) is 0.445. The molecule has 1 aliphatic rings. The summed E-state index contributed by atoms with van der Waals surface area (Å²) in [6.07, 6.45) is 5.25. The van der Waals surface area contributed by atoms with Gasteiger partial charge in [0.25, 0.3) is 0 Å². The Morgan fingerprint density at radius 2 is 1.94 bits per heavy atom. The van der Waals surface area contributed by atoms with Gasteiger partial charge in [0.15, 0.2) is 0 Å². The number of nitrogens with one attached hydrogen (secondary N) is 3. The maximum Gasteiger partial charge on any atom is 0.244 e. The summed E-state index contributed by atoms with van der Waals surface area (Å²) in [6, 6.07) is 19.4. The second-order valence-corrected chi connectivity index (χ2v) is 7.41. The molecule has 0 spiro atoms. The molecule has 3 N–H and O–H groups in total. The van der Waals surface area contributed by atoms with Crippen LogP contribution in [0.2, 0.25) is 0 Å². The molecule has 6 heteroatoms. The van der Waals surface area contributed by atoms with Crippen molar-refractivity contribution in [3.05, 3.63) is 89.6 Å². The third kappa shape index (κ3) is 3.71. The number of rotatable bonds is 4. The molecule has 5 rings (SSSR count). The van der Waals surface area contributed by atoms with Crippen molar-refractivity contribution in [3.63, 3.8) is 0 Å². The highest BCUT2D eigenvalue weighted by Gasteiger charge is 2.23. The van der Waals surface area contributed by atoms with E-state index in [0.717, 1.165) is 38.9 Å². The van der Waals surface area contributed by atoms with Crippen LogP contribution >= 0.6 is 0 Å². The molecule has 0 fully saturated rings. The van der Waals surface area contributed by atoms with Gasteiger partial charge in [-0.25, -0.2) is 4.98 Å². The van der Waals surface area contributed by atoms with Crippen molar-refractivity contribution in [1.82, 2.24) is 15.3 Å². The number of carbonyl (C=O) groups excluding carboxylic acids is 2. The van der Waals surface area contributed by atoms with E-state index in [1.807, 2.05) is 60.7 Å². The van der Waals surface area contributed by atoms with Gasteiger partial charge in [0.05, 0.1) is 17.6 Å². The van der Waals surface area contributed by atoms with Gasteiger partial charge < -0.3 is 15.6 Å². The smallest absolute Gasteiger partial charge is 0.244 e. The molecule has 31 heavy (non-hydrogen) atoms. The summed E-state index contributed by atoms with van der Waals surface area (Å²) in [6.45, 7) is 0.476. The fourth-order valence-corrected chi connectivity index (χ4v) is 3.90. The molecule has 0 radical (unpaired) electrons. The first kappa shape index (κ1) is 18.8. The van der Waals surface area contributed by atoms with E-state index in [4.69, 9.17) is 0 Å². The average Bonchev–Trinajstić information content (AvgIpc) is 3.09. The van der Waals surface area contributed by atoms with E-state index in [2.05, 4.69) is 20.6 Å². The number of aromatic amines is 1. The van der Waals surface area contributed by atoms with E-state index >= 15 is 0 Å². The molecular formula is C25H20N4O2. The van der Waals surface area contributed by atoms with Crippen molar-refractivity contribution in [2.24, 2.45) is 0 Å². The molecule has 2 amide bonds. The lowest BCUT2D eigenvalue weighted by Gasteiger charge is -2.04. The summed E-state index contributed by atoms with van der Waals surface area (Å²) < 4.78 is 0. The number of benzene rings is 2. The Bertz CT molecular complexity index is 1320. The summed E-state index contributed by atoms with van der Waals surface area (Å²) in [5, 5.41) is 6.73. The summed E-state index contributed by atoms with van der Waals surface area (Å²) in [4.78, 5) is 32.5. The minimum Gasteiger partial charge on any atom is -0.354 e. The zero-order valence-electron chi connectivity index (χ0n) is 16.7. The summed E-state index contributed by atoms with van der Waals surface area (Å²) in [5.41, 5.74) is 5.49. The number of H-pyrrole nitrogens is 1.